The van der Waals surface area contributed by atoms with Crippen LogP contribution in [0.2, 0.25) is 0 Å². The van der Waals surface area contributed by atoms with E-state index in [1.807, 2.05) is 0 Å². The Morgan fingerprint density at radius 2 is 2.05 bits per heavy atom. The van der Waals surface area contributed by atoms with Gasteiger partial charge in [0.05, 0.1) is 18.9 Å². The third-order valence-corrected chi connectivity index (χ3v) is 2.23. The molecule has 0 aliphatic heterocycles. The minimum absolute atomic E-state index is 0.0233. The minimum Gasteiger partial charge on any atom is -0.465 e. The maximum Gasteiger partial charge on any atom is 0.471 e. The lowest BCUT2D eigenvalue weighted by Crippen LogP contribution is -2.30. The zero-order valence-electron chi connectivity index (χ0n) is 9.93. The summed E-state index contributed by atoms with van der Waals surface area (Å²) in [4.78, 5) is 29.4. The molecule has 20 heavy (non-hydrogen) atoms. The van der Waals surface area contributed by atoms with Crippen molar-refractivity contribution >= 4 is 23.5 Å². The first-order valence-electron chi connectivity index (χ1n) is 5.12. The van der Waals surface area contributed by atoms with Crippen LogP contribution in [0, 0.1) is 0 Å². The first kappa shape index (κ1) is 13.8. The van der Waals surface area contributed by atoms with Crippen molar-refractivity contribution in [3.63, 3.8) is 0 Å². The van der Waals surface area contributed by atoms with Gasteiger partial charge in [-0.3, -0.25) is 9.20 Å². The zero-order chi connectivity index (χ0) is 14.9. The van der Waals surface area contributed by atoms with Gasteiger partial charge in [0, 0.05) is 12.4 Å². The van der Waals surface area contributed by atoms with Crippen molar-refractivity contribution in [2.24, 2.45) is 0 Å². The number of halogens is 3. The van der Waals surface area contributed by atoms with Crippen LogP contribution in [0.4, 0.5) is 19.0 Å². The predicted molar refractivity (Wildman–Crippen MR) is 59.0 cm³/mol. The Kier molecular flexibility index (Phi) is 3.30. The van der Waals surface area contributed by atoms with Crippen molar-refractivity contribution in [3.05, 3.63) is 24.2 Å². The van der Waals surface area contributed by atoms with Crippen LogP contribution in [-0.2, 0) is 9.53 Å². The quantitative estimate of drug-likeness (QED) is 0.834. The highest BCUT2D eigenvalue weighted by atomic mass is 19.4. The number of nitrogens with one attached hydrogen (secondary N) is 1. The number of hydrogen-bond donors (Lipinski definition) is 1. The van der Waals surface area contributed by atoms with Crippen LogP contribution in [0.25, 0.3) is 5.78 Å². The molecule has 10 heteroatoms. The molecular formula is C10H7F3N4O3. The number of rotatable bonds is 2. The molecule has 0 saturated carbocycles. The molecule has 2 rings (SSSR count). The molecule has 2 heterocycles. The van der Waals surface area contributed by atoms with E-state index in [1.54, 1.807) is 5.32 Å². The third-order valence-electron chi connectivity index (χ3n) is 2.23. The summed E-state index contributed by atoms with van der Waals surface area (Å²) in [6, 6.07) is 0. The molecule has 1 amide bonds. The molecule has 0 fully saturated rings. The Morgan fingerprint density at radius 3 is 2.65 bits per heavy atom. The average Bonchev–Trinajstić information content (AvgIpc) is 2.77. The van der Waals surface area contributed by atoms with E-state index in [2.05, 4.69) is 14.7 Å². The highest BCUT2D eigenvalue weighted by Gasteiger charge is 2.39. The first-order chi connectivity index (χ1) is 9.31. The molecule has 1 N–H and O–H groups in total. The highest BCUT2D eigenvalue weighted by Crippen LogP contribution is 2.18. The van der Waals surface area contributed by atoms with Crippen LogP contribution in [0.3, 0.4) is 0 Å². The average molecular weight is 288 g/mol. The Balaban J connectivity index is 2.30. The van der Waals surface area contributed by atoms with Gasteiger partial charge in [0.1, 0.15) is 0 Å². The number of alkyl halides is 3. The first-order valence-corrected chi connectivity index (χ1v) is 5.12. The number of methoxy groups -OCH3 is 1. The predicted octanol–water partition coefficient (Wildman–Crippen LogP) is 1.02. The van der Waals surface area contributed by atoms with Crippen molar-refractivity contribution in [1.29, 1.82) is 0 Å². The molecular weight excluding hydrogens is 281 g/mol. The molecule has 0 aliphatic carbocycles. The number of carbonyl (C=O) groups is 2. The van der Waals surface area contributed by atoms with Crippen LogP contribution < -0.4 is 5.32 Å². The summed E-state index contributed by atoms with van der Waals surface area (Å²) in [5.74, 6) is -3.11. The monoisotopic (exact) mass is 288 g/mol. The van der Waals surface area contributed by atoms with E-state index in [1.165, 1.54) is 17.7 Å². The number of imidazole rings is 1. The number of esters is 1. The smallest absolute Gasteiger partial charge is 0.465 e. The molecule has 0 saturated heterocycles. The van der Waals surface area contributed by atoms with Crippen molar-refractivity contribution in [2.45, 2.75) is 6.18 Å². The SMILES string of the molecule is COC(=O)c1cnc2nc(NC(=O)C(F)(F)F)cn2c1. The van der Waals surface area contributed by atoms with Crippen molar-refractivity contribution < 1.29 is 27.5 Å². The second kappa shape index (κ2) is 4.79. The van der Waals surface area contributed by atoms with Crippen LogP contribution in [0.1, 0.15) is 10.4 Å². The van der Waals surface area contributed by atoms with E-state index >= 15 is 0 Å². The molecule has 0 spiro atoms. The van der Waals surface area contributed by atoms with Crippen molar-refractivity contribution in [2.75, 3.05) is 12.4 Å². The summed E-state index contributed by atoms with van der Waals surface area (Å²) in [6.45, 7) is 0. The maximum atomic E-state index is 12.1. The fourth-order valence-electron chi connectivity index (χ4n) is 1.36. The number of amides is 1. The van der Waals surface area contributed by atoms with E-state index in [-0.39, 0.29) is 17.2 Å². The number of anilines is 1. The van der Waals surface area contributed by atoms with E-state index in [0.717, 1.165) is 12.4 Å². The Hall–Kier alpha value is -2.65. The normalized spacial score (nSPS) is 11.4. The molecule has 0 radical (unpaired) electrons. The molecule has 106 valence electrons. The summed E-state index contributed by atoms with van der Waals surface area (Å²) >= 11 is 0. The summed E-state index contributed by atoms with van der Waals surface area (Å²) in [6.07, 6.45) is -1.49. The number of fused-ring (bicyclic) bond motifs is 1. The van der Waals surface area contributed by atoms with Gasteiger partial charge >= 0.3 is 18.1 Å². The lowest BCUT2D eigenvalue weighted by Gasteiger charge is -2.04. The molecule has 2 aromatic rings. The summed E-state index contributed by atoms with van der Waals surface area (Å²) in [5.41, 5.74) is 0.0890. The van der Waals surface area contributed by atoms with Gasteiger partial charge in [-0.25, -0.2) is 9.78 Å². The zero-order valence-corrected chi connectivity index (χ0v) is 9.93. The van der Waals surface area contributed by atoms with Crippen molar-refractivity contribution in [3.8, 4) is 0 Å². The molecule has 2 aromatic heterocycles. The number of nitrogens with zero attached hydrogens (tertiary/aromatic N) is 3. The number of carbonyl (C=O) groups excluding carboxylic acids is 2. The fraction of sp³-hybridized carbons (Fsp3) is 0.200. The molecule has 0 bridgehead atoms. The van der Waals surface area contributed by atoms with Gasteiger partial charge in [-0.2, -0.15) is 18.2 Å². The summed E-state index contributed by atoms with van der Waals surface area (Å²) in [5, 5.41) is 1.58. The fourth-order valence-corrected chi connectivity index (χ4v) is 1.36. The standard InChI is InChI=1S/C10H7F3N4O3/c1-20-7(18)5-2-14-9-16-6(4-17(9)3-5)15-8(19)10(11,12)13/h2-4H,1H3,(H,15,19). The number of ether oxygens (including phenoxy) is 1. The van der Waals surface area contributed by atoms with Gasteiger partial charge in [-0.05, 0) is 0 Å². The van der Waals surface area contributed by atoms with Crippen LogP contribution in [0.15, 0.2) is 18.6 Å². The molecule has 0 unspecified atom stereocenters. The van der Waals surface area contributed by atoms with Gasteiger partial charge < -0.3 is 10.1 Å². The minimum atomic E-state index is -5.01. The number of aromatic nitrogens is 3. The van der Waals surface area contributed by atoms with Crippen LogP contribution in [-0.4, -0.2) is 39.5 Å². The molecule has 7 nitrogen and oxygen atoms in total. The number of hydrogen-bond acceptors (Lipinski definition) is 5. The van der Waals surface area contributed by atoms with Crippen LogP contribution >= 0.6 is 0 Å². The molecule has 0 atom stereocenters. The van der Waals surface area contributed by atoms with Crippen molar-refractivity contribution in [1.82, 2.24) is 14.4 Å². The van der Waals surface area contributed by atoms with E-state index < -0.39 is 18.1 Å². The summed E-state index contributed by atoms with van der Waals surface area (Å²) < 4.78 is 41.9. The van der Waals surface area contributed by atoms with Gasteiger partial charge in [0.2, 0.25) is 5.78 Å². The van der Waals surface area contributed by atoms with Gasteiger partial charge in [0.25, 0.3) is 0 Å². The summed E-state index contributed by atoms with van der Waals surface area (Å²) in [7, 11) is 1.18. The Bertz CT molecular complexity index is 680. The Morgan fingerprint density at radius 1 is 1.35 bits per heavy atom. The highest BCUT2D eigenvalue weighted by molar-refractivity contribution is 5.94. The third kappa shape index (κ3) is 2.68. The maximum absolute atomic E-state index is 12.1. The van der Waals surface area contributed by atoms with Crippen LogP contribution in [0.5, 0.6) is 0 Å². The molecule has 0 aromatic carbocycles. The van der Waals surface area contributed by atoms with Gasteiger partial charge in [0.15, 0.2) is 5.82 Å². The van der Waals surface area contributed by atoms with Gasteiger partial charge in [-0.1, -0.05) is 0 Å². The molecule has 0 aliphatic rings. The van der Waals surface area contributed by atoms with Gasteiger partial charge in [-0.15, -0.1) is 0 Å². The van der Waals surface area contributed by atoms with E-state index in [4.69, 9.17) is 0 Å². The van der Waals surface area contributed by atoms with E-state index in [9.17, 15) is 22.8 Å². The Labute approximate surface area is 109 Å². The second-order valence-corrected chi connectivity index (χ2v) is 3.62. The lowest BCUT2D eigenvalue weighted by atomic mass is 10.3. The largest absolute Gasteiger partial charge is 0.471 e. The van der Waals surface area contributed by atoms with E-state index in [0.29, 0.717) is 0 Å². The topological polar surface area (TPSA) is 85.6 Å². The second-order valence-electron chi connectivity index (χ2n) is 3.62. The lowest BCUT2D eigenvalue weighted by molar-refractivity contribution is -0.167.